The van der Waals surface area contributed by atoms with Gasteiger partial charge >= 0.3 is 12.1 Å². The highest BCUT2D eigenvalue weighted by atomic mass is 16.6. The third-order valence-corrected chi connectivity index (χ3v) is 3.45. The van der Waals surface area contributed by atoms with Gasteiger partial charge in [0.25, 0.3) is 0 Å². The summed E-state index contributed by atoms with van der Waals surface area (Å²) < 4.78 is 10.1. The van der Waals surface area contributed by atoms with Crippen molar-refractivity contribution in [1.82, 2.24) is 9.80 Å². The van der Waals surface area contributed by atoms with Crippen LogP contribution in [-0.2, 0) is 14.3 Å². The highest BCUT2D eigenvalue weighted by molar-refractivity contribution is 5.88. The van der Waals surface area contributed by atoms with Crippen molar-refractivity contribution in [2.75, 3.05) is 39.8 Å². The second-order valence-electron chi connectivity index (χ2n) is 6.34. The van der Waals surface area contributed by atoms with Gasteiger partial charge in [-0.2, -0.15) is 0 Å². The average Bonchev–Trinajstić information content (AvgIpc) is 2.46. The molecule has 0 aromatic carbocycles. The Balaban J connectivity index is 2.44. The van der Waals surface area contributed by atoms with Crippen LogP contribution in [0.3, 0.4) is 0 Å². The minimum absolute atomic E-state index is 0.258. The Hall–Kier alpha value is -1.56. The van der Waals surface area contributed by atoms with Crippen molar-refractivity contribution in [3.8, 4) is 0 Å². The van der Waals surface area contributed by atoms with E-state index in [1.54, 1.807) is 4.90 Å². The van der Waals surface area contributed by atoms with Gasteiger partial charge in [-0.05, 0) is 27.2 Å². The van der Waals surface area contributed by atoms with Crippen LogP contribution < -0.4 is 0 Å². The van der Waals surface area contributed by atoms with Crippen LogP contribution in [0.5, 0.6) is 0 Å². The predicted molar refractivity (Wildman–Crippen MR) is 84.6 cm³/mol. The van der Waals surface area contributed by atoms with Gasteiger partial charge in [-0.25, -0.2) is 9.59 Å². The summed E-state index contributed by atoms with van der Waals surface area (Å²) in [5.74, 6) is -0.269. The maximum absolute atomic E-state index is 12.0. The molecule has 0 unspecified atom stereocenters. The van der Waals surface area contributed by atoms with Crippen LogP contribution in [-0.4, -0.2) is 67.3 Å². The molecule has 126 valence electrons. The first-order valence-corrected chi connectivity index (χ1v) is 7.74. The van der Waals surface area contributed by atoms with Gasteiger partial charge in [0, 0.05) is 38.3 Å². The second-order valence-corrected chi connectivity index (χ2v) is 6.34. The molecular weight excluding hydrogens is 284 g/mol. The lowest BCUT2D eigenvalue weighted by atomic mass is 10.2. The zero-order chi connectivity index (χ0) is 16.8. The maximum Gasteiger partial charge on any atom is 0.410 e. The smallest absolute Gasteiger partial charge is 0.410 e. The monoisotopic (exact) mass is 312 g/mol. The number of hydrogen-bond acceptors (Lipinski definition) is 5. The average molecular weight is 312 g/mol. The molecule has 1 fully saturated rings. The van der Waals surface area contributed by atoms with Gasteiger partial charge in [0.15, 0.2) is 0 Å². The van der Waals surface area contributed by atoms with Crippen molar-refractivity contribution in [2.45, 2.75) is 39.7 Å². The third-order valence-electron chi connectivity index (χ3n) is 3.45. The number of piperazine rings is 1. The lowest BCUT2D eigenvalue weighted by Gasteiger charge is -2.35. The zero-order valence-electron chi connectivity index (χ0n) is 14.3. The molecular formula is C16H28N2O4. The van der Waals surface area contributed by atoms with Crippen molar-refractivity contribution in [3.05, 3.63) is 11.6 Å². The molecule has 1 rings (SSSR count). The number of nitrogens with zero attached hydrogens (tertiary/aromatic N) is 2. The quantitative estimate of drug-likeness (QED) is 0.587. The molecule has 1 aliphatic rings. The van der Waals surface area contributed by atoms with Gasteiger partial charge in [-0.15, -0.1) is 0 Å². The van der Waals surface area contributed by atoms with Crippen LogP contribution in [0.2, 0.25) is 0 Å². The van der Waals surface area contributed by atoms with Crippen molar-refractivity contribution in [2.24, 2.45) is 0 Å². The number of ether oxygens (including phenoxy) is 2. The first-order chi connectivity index (χ1) is 10.3. The fraction of sp³-hybridized carbons (Fsp3) is 0.750. The molecule has 0 spiro atoms. The van der Waals surface area contributed by atoms with E-state index in [0.717, 1.165) is 13.1 Å². The zero-order valence-corrected chi connectivity index (χ0v) is 14.3. The van der Waals surface area contributed by atoms with E-state index in [2.05, 4.69) is 4.90 Å². The van der Waals surface area contributed by atoms with Crippen LogP contribution in [0, 0.1) is 0 Å². The van der Waals surface area contributed by atoms with E-state index in [0.29, 0.717) is 31.6 Å². The van der Waals surface area contributed by atoms with Gasteiger partial charge in [-0.3, -0.25) is 4.90 Å². The molecule has 6 nitrogen and oxygen atoms in total. The van der Waals surface area contributed by atoms with Gasteiger partial charge < -0.3 is 14.4 Å². The molecule has 0 aromatic heterocycles. The Morgan fingerprint density at radius 1 is 1.14 bits per heavy atom. The van der Waals surface area contributed by atoms with Crippen LogP contribution in [0.15, 0.2) is 11.6 Å². The molecule has 0 radical (unpaired) electrons. The Morgan fingerprint density at radius 3 is 2.18 bits per heavy atom. The minimum Gasteiger partial charge on any atom is -0.466 e. The standard InChI is InChI=1S/C16H28N2O4/c1-6-13(14(19)21-5)7-8-17-9-11-18(12-10-17)15(20)22-16(2,3)4/h7H,6,8-12H2,1-5H3. The van der Waals surface area contributed by atoms with Crippen molar-refractivity contribution >= 4 is 12.1 Å². The summed E-state index contributed by atoms with van der Waals surface area (Å²) in [4.78, 5) is 27.4. The molecule has 1 amide bonds. The van der Waals surface area contributed by atoms with Crippen molar-refractivity contribution in [1.29, 1.82) is 0 Å². The van der Waals surface area contributed by atoms with Crippen molar-refractivity contribution in [3.63, 3.8) is 0 Å². The number of esters is 1. The fourth-order valence-corrected chi connectivity index (χ4v) is 2.18. The molecule has 0 aromatic rings. The largest absolute Gasteiger partial charge is 0.466 e. The number of carbonyl (C=O) groups is 2. The van der Waals surface area contributed by atoms with E-state index in [4.69, 9.17) is 9.47 Å². The molecule has 1 saturated heterocycles. The summed E-state index contributed by atoms with van der Waals surface area (Å²) in [7, 11) is 1.39. The Kier molecular flexibility index (Phi) is 6.87. The topological polar surface area (TPSA) is 59.1 Å². The number of methoxy groups -OCH3 is 1. The van der Waals surface area contributed by atoms with Crippen LogP contribution in [0.25, 0.3) is 0 Å². The predicted octanol–water partition coefficient (Wildman–Crippen LogP) is 2.05. The van der Waals surface area contributed by atoms with E-state index in [-0.39, 0.29) is 12.1 Å². The Bertz CT molecular complexity index is 418. The molecule has 22 heavy (non-hydrogen) atoms. The summed E-state index contributed by atoms with van der Waals surface area (Å²) in [6.07, 6.45) is 2.31. The Morgan fingerprint density at radius 2 is 1.73 bits per heavy atom. The summed E-state index contributed by atoms with van der Waals surface area (Å²) in [6, 6.07) is 0. The van der Waals surface area contributed by atoms with E-state index in [9.17, 15) is 9.59 Å². The van der Waals surface area contributed by atoms with Crippen LogP contribution >= 0.6 is 0 Å². The molecule has 0 bridgehead atoms. The first-order valence-electron chi connectivity index (χ1n) is 7.74. The summed E-state index contributed by atoms with van der Waals surface area (Å²) in [6.45, 7) is 11.1. The van der Waals surface area contributed by atoms with Gasteiger partial charge in [-0.1, -0.05) is 13.0 Å². The molecule has 1 heterocycles. The SMILES string of the molecule is CCC(=CCN1CCN(C(=O)OC(C)(C)C)CC1)C(=O)OC. The summed E-state index contributed by atoms with van der Waals surface area (Å²) >= 11 is 0. The first kappa shape index (κ1) is 18.5. The highest BCUT2D eigenvalue weighted by Crippen LogP contribution is 2.12. The molecule has 0 N–H and O–H groups in total. The lowest BCUT2D eigenvalue weighted by molar-refractivity contribution is -0.136. The second kappa shape index (κ2) is 8.17. The van der Waals surface area contributed by atoms with Crippen molar-refractivity contribution < 1.29 is 19.1 Å². The van der Waals surface area contributed by atoms with Gasteiger partial charge in [0.2, 0.25) is 0 Å². The van der Waals surface area contributed by atoms with E-state index in [1.807, 2.05) is 33.8 Å². The highest BCUT2D eigenvalue weighted by Gasteiger charge is 2.25. The maximum atomic E-state index is 12.0. The number of carbonyl (C=O) groups excluding carboxylic acids is 2. The number of rotatable bonds is 4. The summed E-state index contributed by atoms with van der Waals surface area (Å²) in [5.41, 5.74) is 0.227. The van der Waals surface area contributed by atoms with Crippen LogP contribution in [0.4, 0.5) is 4.79 Å². The number of amides is 1. The normalized spacial score (nSPS) is 17.3. The number of hydrogen-bond donors (Lipinski definition) is 0. The molecule has 1 aliphatic heterocycles. The van der Waals surface area contributed by atoms with Gasteiger partial charge in [0.1, 0.15) is 5.60 Å². The molecule has 0 atom stereocenters. The van der Waals surface area contributed by atoms with E-state index < -0.39 is 5.60 Å². The minimum atomic E-state index is -0.465. The molecule has 0 aliphatic carbocycles. The molecule has 6 heteroatoms. The van der Waals surface area contributed by atoms with Gasteiger partial charge in [0.05, 0.1) is 7.11 Å². The van der Waals surface area contributed by atoms with Crippen LogP contribution in [0.1, 0.15) is 34.1 Å². The lowest BCUT2D eigenvalue weighted by Crippen LogP contribution is -2.50. The van der Waals surface area contributed by atoms with E-state index in [1.165, 1.54) is 7.11 Å². The fourth-order valence-electron chi connectivity index (χ4n) is 2.18. The Labute approximate surface area is 133 Å². The van der Waals surface area contributed by atoms with E-state index >= 15 is 0 Å². The third kappa shape index (κ3) is 6.05. The summed E-state index contributed by atoms with van der Waals surface area (Å²) in [5, 5.41) is 0. The molecule has 0 saturated carbocycles.